The van der Waals surface area contributed by atoms with Crippen LogP contribution in [-0.4, -0.2) is 46.0 Å². The molecule has 2 aromatic carbocycles. The van der Waals surface area contributed by atoms with Gasteiger partial charge in [0, 0.05) is 12.1 Å². The summed E-state index contributed by atoms with van der Waals surface area (Å²) >= 11 is 0. The van der Waals surface area contributed by atoms with Gasteiger partial charge >= 0.3 is 0 Å². The molecule has 2 N–H and O–H groups in total. The number of hydrogen-bond acceptors (Lipinski definition) is 6. The monoisotopic (exact) mass is 497 g/mol. The Morgan fingerprint density at radius 2 is 1.86 bits per heavy atom. The molecule has 0 aliphatic carbocycles. The van der Waals surface area contributed by atoms with Gasteiger partial charge in [-0.2, -0.15) is 0 Å². The number of nitrogens with one attached hydrogen (secondary N) is 2. The lowest BCUT2D eigenvalue weighted by molar-refractivity contribution is 0.0913. The molecule has 3 aromatic rings. The maximum Gasteiger partial charge on any atom is 0.262 e. The Morgan fingerprint density at radius 1 is 1.09 bits per heavy atom. The number of rotatable bonds is 9. The number of furan rings is 1. The van der Waals surface area contributed by atoms with Crippen LogP contribution in [0.5, 0.6) is 5.75 Å². The van der Waals surface area contributed by atoms with Crippen molar-refractivity contribution in [1.29, 1.82) is 0 Å². The SMILES string of the molecule is COc1ccccc1NS(=O)(=O)c1ccc(C)c(C(=O)NC[C@@H](c2ccco2)N2CCCCC2)c1. The number of benzene rings is 2. The number of hydrogen-bond donors (Lipinski definition) is 2. The Balaban J connectivity index is 1.52. The molecule has 8 nitrogen and oxygen atoms in total. The first-order chi connectivity index (χ1) is 16.9. The van der Waals surface area contributed by atoms with Crippen molar-refractivity contribution in [2.75, 3.05) is 31.5 Å². The molecule has 186 valence electrons. The van der Waals surface area contributed by atoms with Crippen LogP contribution in [0.2, 0.25) is 0 Å². The summed E-state index contributed by atoms with van der Waals surface area (Å²) in [6.45, 7) is 4.04. The molecule has 2 heterocycles. The van der Waals surface area contributed by atoms with E-state index >= 15 is 0 Å². The fourth-order valence-electron chi connectivity index (χ4n) is 4.35. The van der Waals surface area contributed by atoms with Crippen molar-refractivity contribution in [1.82, 2.24) is 10.2 Å². The minimum Gasteiger partial charge on any atom is -0.495 e. The number of carbonyl (C=O) groups excluding carboxylic acids is 1. The van der Waals surface area contributed by atoms with E-state index in [1.165, 1.54) is 25.7 Å². The highest BCUT2D eigenvalue weighted by molar-refractivity contribution is 7.92. The molecule has 0 radical (unpaired) electrons. The van der Waals surface area contributed by atoms with Crippen LogP contribution in [0.15, 0.2) is 70.2 Å². The number of ether oxygens (including phenoxy) is 1. The lowest BCUT2D eigenvalue weighted by Gasteiger charge is -2.33. The molecule has 1 saturated heterocycles. The van der Waals surface area contributed by atoms with Crippen molar-refractivity contribution >= 4 is 21.6 Å². The Bertz CT molecular complexity index is 1250. The first-order valence-electron chi connectivity index (χ1n) is 11.7. The topological polar surface area (TPSA) is 101 Å². The summed E-state index contributed by atoms with van der Waals surface area (Å²) in [6, 6.07) is 15.0. The predicted molar refractivity (Wildman–Crippen MR) is 134 cm³/mol. The highest BCUT2D eigenvalue weighted by Crippen LogP contribution is 2.27. The molecule has 0 saturated carbocycles. The molecule has 0 bridgehead atoms. The summed E-state index contributed by atoms with van der Waals surface area (Å²) in [5.41, 5.74) is 1.32. The predicted octanol–water partition coefficient (Wildman–Crippen LogP) is 4.35. The van der Waals surface area contributed by atoms with Gasteiger partial charge in [-0.3, -0.25) is 14.4 Å². The molecule has 1 fully saturated rings. The number of sulfonamides is 1. The number of aryl methyl sites for hydroxylation is 1. The lowest BCUT2D eigenvalue weighted by Crippen LogP contribution is -2.40. The number of piperidine rings is 1. The Morgan fingerprint density at radius 3 is 2.57 bits per heavy atom. The molecule has 1 aliphatic rings. The van der Waals surface area contributed by atoms with Crippen LogP contribution in [0.25, 0.3) is 0 Å². The van der Waals surface area contributed by atoms with E-state index in [2.05, 4.69) is 14.9 Å². The summed E-state index contributed by atoms with van der Waals surface area (Å²) in [4.78, 5) is 15.5. The minimum atomic E-state index is -3.94. The maximum absolute atomic E-state index is 13.2. The molecule has 4 rings (SSSR count). The smallest absolute Gasteiger partial charge is 0.262 e. The van der Waals surface area contributed by atoms with E-state index in [9.17, 15) is 13.2 Å². The first kappa shape index (κ1) is 24.8. The summed E-state index contributed by atoms with van der Waals surface area (Å²) in [7, 11) is -2.46. The third-order valence-electron chi connectivity index (χ3n) is 6.27. The second-order valence-corrected chi connectivity index (χ2v) is 10.3. The van der Waals surface area contributed by atoms with E-state index < -0.39 is 10.0 Å². The van der Waals surface area contributed by atoms with E-state index in [-0.39, 0.29) is 16.8 Å². The fourth-order valence-corrected chi connectivity index (χ4v) is 5.45. The van der Waals surface area contributed by atoms with Gasteiger partial charge in [-0.05, 0) is 74.8 Å². The number of amides is 1. The van der Waals surface area contributed by atoms with E-state index in [4.69, 9.17) is 9.15 Å². The number of methoxy groups -OCH3 is 1. The van der Waals surface area contributed by atoms with Crippen LogP contribution >= 0.6 is 0 Å². The maximum atomic E-state index is 13.2. The number of para-hydroxylation sites is 2. The normalized spacial score (nSPS) is 15.4. The van der Waals surface area contributed by atoms with Gasteiger partial charge in [0.25, 0.3) is 15.9 Å². The van der Waals surface area contributed by atoms with Crippen LogP contribution in [0.1, 0.15) is 47.0 Å². The van der Waals surface area contributed by atoms with Gasteiger partial charge in [0.2, 0.25) is 0 Å². The van der Waals surface area contributed by atoms with Crippen LogP contribution in [0, 0.1) is 6.92 Å². The average molecular weight is 498 g/mol. The summed E-state index contributed by atoms with van der Waals surface area (Å²) in [5, 5.41) is 3.00. The van der Waals surface area contributed by atoms with Gasteiger partial charge in [-0.1, -0.05) is 24.6 Å². The van der Waals surface area contributed by atoms with Gasteiger partial charge in [0.15, 0.2) is 0 Å². The van der Waals surface area contributed by atoms with E-state index in [1.54, 1.807) is 43.5 Å². The van der Waals surface area contributed by atoms with E-state index in [1.807, 2.05) is 12.1 Å². The van der Waals surface area contributed by atoms with Crippen molar-refractivity contribution in [3.8, 4) is 5.75 Å². The molecule has 1 aromatic heterocycles. The average Bonchev–Trinajstić information content (AvgIpc) is 3.39. The minimum absolute atomic E-state index is 0.00206. The third kappa shape index (κ3) is 5.86. The van der Waals surface area contributed by atoms with E-state index in [0.717, 1.165) is 31.7 Å². The van der Waals surface area contributed by atoms with Crippen LogP contribution in [0.3, 0.4) is 0 Å². The highest BCUT2D eigenvalue weighted by atomic mass is 32.2. The standard InChI is InChI=1S/C26H31N3O5S/c1-19-12-13-20(35(31,32)28-22-9-4-5-10-24(22)33-2)17-21(19)26(30)27-18-23(25-11-8-16-34-25)29-14-6-3-7-15-29/h4-5,8-13,16-17,23,28H,3,6-7,14-15,18H2,1-2H3,(H,27,30)/t23-/m0/s1. The molecule has 9 heteroatoms. The second kappa shape index (κ2) is 11.0. The van der Waals surface area contributed by atoms with Crippen molar-refractivity contribution in [2.24, 2.45) is 0 Å². The summed E-state index contributed by atoms with van der Waals surface area (Å²) in [6.07, 6.45) is 5.07. The van der Waals surface area contributed by atoms with Crippen molar-refractivity contribution in [3.63, 3.8) is 0 Å². The first-order valence-corrected chi connectivity index (χ1v) is 13.2. The van der Waals surface area contributed by atoms with Crippen LogP contribution in [0.4, 0.5) is 5.69 Å². The van der Waals surface area contributed by atoms with Crippen molar-refractivity contribution < 1.29 is 22.4 Å². The lowest BCUT2D eigenvalue weighted by atomic mass is 10.1. The van der Waals surface area contributed by atoms with Crippen LogP contribution < -0.4 is 14.8 Å². The highest BCUT2D eigenvalue weighted by Gasteiger charge is 2.26. The van der Waals surface area contributed by atoms with Gasteiger partial charge in [-0.25, -0.2) is 8.42 Å². The molecular weight excluding hydrogens is 466 g/mol. The number of anilines is 1. The van der Waals surface area contributed by atoms with Crippen molar-refractivity contribution in [3.05, 3.63) is 77.7 Å². The molecule has 1 aliphatic heterocycles. The zero-order valence-electron chi connectivity index (χ0n) is 20.0. The Hall–Kier alpha value is -3.30. The molecule has 1 amide bonds. The van der Waals surface area contributed by atoms with Crippen molar-refractivity contribution in [2.45, 2.75) is 37.1 Å². The number of carbonyl (C=O) groups is 1. The Kier molecular flexibility index (Phi) is 7.77. The quantitative estimate of drug-likeness (QED) is 0.456. The van der Waals surface area contributed by atoms with E-state index in [0.29, 0.717) is 29.1 Å². The van der Waals surface area contributed by atoms with Gasteiger partial charge in [0.05, 0.1) is 30.0 Å². The third-order valence-corrected chi connectivity index (χ3v) is 7.64. The van der Waals surface area contributed by atoms with Gasteiger partial charge < -0.3 is 14.5 Å². The zero-order chi connectivity index (χ0) is 24.8. The number of likely N-dealkylation sites (tertiary alicyclic amines) is 1. The van der Waals surface area contributed by atoms with Gasteiger partial charge in [-0.15, -0.1) is 0 Å². The molecule has 35 heavy (non-hydrogen) atoms. The molecule has 1 atom stereocenters. The Labute approximate surface area is 206 Å². The molecule has 0 unspecified atom stereocenters. The molecule has 0 spiro atoms. The fraction of sp³-hybridized carbons (Fsp3) is 0.346. The van der Waals surface area contributed by atoms with Crippen LogP contribution in [-0.2, 0) is 10.0 Å². The second-order valence-electron chi connectivity index (χ2n) is 8.62. The summed E-state index contributed by atoms with van der Waals surface area (Å²) < 4.78 is 39.6. The molecular formula is C26H31N3O5S. The number of nitrogens with zero attached hydrogens (tertiary/aromatic N) is 1. The van der Waals surface area contributed by atoms with Gasteiger partial charge in [0.1, 0.15) is 11.5 Å². The summed E-state index contributed by atoms with van der Waals surface area (Å²) in [5.74, 6) is 0.884. The zero-order valence-corrected chi connectivity index (χ0v) is 20.8. The largest absolute Gasteiger partial charge is 0.495 e.